The Bertz CT molecular complexity index is 855. The molecule has 0 unspecified atom stereocenters. The van der Waals surface area contributed by atoms with E-state index in [1.165, 1.54) is 4.68 Å². The van der Waals surface area contributed by atoms with Crippen LogP contribution >= 0.6 is 0 Å². The first-order valence-electron chi connectivity index (χ1n) is 9.23. The molecule has 27 heavy (non-hydrogen) atoms. The summed E-state index contributed by atoms with van der Waals surface area (Å²) in [6, 6.07) is 8.94. The van der Waals surface area contributed by atoms with E-state index in [2.05, 4.69) is 15.5 Å². The molecule has 0 spiro atoms. The van der Waals surface area contributed by atoms with Gasteiger partial charge in [0.05, 0.1) is 29.8 Å². The summed E-state index contributed by atoms with van der Waals surface area (Å²) in [4.78, 5) is 0. The van der Waals surface area contributed by atoms with Gasteiger partial charge in [0, 0.05) is 5.92 Å². The lowest BCUT2D eigenvalue weighted by atomic mass is 9.94. The highest BCUT2D eigenvalue weighted by atomic mass is 32.2. The normalized spacial score (nSPS) is 23.0. The maximum absolute atomic E-state index is 12.8. The molecule has 2 heterocycles. The number of benzene rings is 1. The fraction of sp³-hybridized carbons (Fsp3) is 0.611. The zero-order valence-electron chi connectivity index (χ0n) is 15.8. The van der Waals surface area contributed by atoms with Crippen LogP contribution in [-0.2, 0) is 14.6 Å². The number of epoxide rings is 1. The first-order chi connectivity index (χ1) is 12.8. The second-order valence-electron chi connectivity index (χ2n) is 7.30. The average Bonchev–Trinajstić information content (AvgIpc) is 3.20. The van der Waals surface area contributed by atoms with Crippen LogP contribution in [0.3, 0.4) is 0 Å². The Morgan fingerprint density at radius 1 is 1.26 bits per heavy atom. The highest BCUT2D eigenvalue weighted by molar-refractivity contribution is 7.91. The monoisotopic (exact) mass is 394 g/mol. The van der Waals surface area contributed by atoms with Gasteiger partial charge in [0.25, 0.3) is 5.16 Å². The maximum atomic E-state index is 12.8. The Morgan fingerprint density at radius 2 is 1.96 bits per heavy atom. The van der Waals surface area contributed by atoms with Crippen LogP contribution in [0.1, 0.15) is 33.6 Å². The second kappa shape index (κ2) is 8.04. The summed E-state index contributed by atoms with van der Waals surface area (Å²) in [6.07, 6.45) is 0.906. The van der Waals surface area contributed by atoms with Gasteiger partial charge in [0.15, 0.2) is 0 Å². The number of ether oxygens (including phenoxy) is 1. The number of tetrazole rings is 1. The van der Waals surface area contributed by atoms with Crippen molar-refractivity contribution in [3.05, 3.63) is 30.3 Å². The fourth-order valence-corrected chi connectivity index (χ4v) is 5.02. The number of aliphatic hydroxyl groups is 1. The molecule has 0 bridgehead atoms. The molecule has 1 N–H and O–H groups in total. The Morgan fingerprint density at radius 3 is 2.63 bits per heavy atom. The lowest BCUT2D eigenvalue weighted by molar-refractivity contribution is 0.0953. The molecule has 148 valence electrons. The summed E-state index contributed by atoms with van der Waals surface area (Å²) < 4.78 is 32.6. The number of hydrogen-bond donors (Lipinski definition) is 1. The standard InChI is InChI=1S/C18H26N4O4S/c1-4-15(23)13(3)17-16(26-17)10-12(2)11-27(24,25)18-19-20-21-22(18)14-8-6-5-7-9-14/h5-9,12-13,15-17,23H,4,10-11H2,1-3H3/t12-,13+,15-,16+,17+/m0/s1. The van der Waals surface area contributed by atoms with Crippen molar-refractivity contribution in [1.29, 1.82) is 0 Å². The van der Waals surface area contributed by atoms with Gasteiger partial charge in [-0.2, -0.15) is 4.68 Å². The minimum absolute atomic E-state index is 0.000238. The van der Waals surface area contributed by atoms with Crippen LogP contribution < -0.4 is 0 Å². The van der Waals surface area contributed by atoms with E-state index in [1.54, 1.807) is 24.3 Å². The molecule has 8 nitrogen and oxygen atoms in total. The Kier molecular flexibility index (Phi) is 5.92. The van der Waals surface area contributed by atoms with Gasteiger partial charge in [0.1, 0.15) is 0 Å². The van der Waals surface area contributed by atoms with Gasteiger partial charge in [-0.05, 0) is 41.3 Å². The van der Waals surface area contributed by atoms with Crippen molar-refractivity contribution in [2.45, 2.75) is 57.1 Å². The number of rotatable bonds is 9. The van der Waals surface area contributed by atoms with Gasteiger partial charge in [-0.3, -0.25) is 0 Å². The molecule has 1 fully saturated rings. The molecule has 1 aliphatic heterocycles. The molecule has 1 aliphatic rings. The largest absolute Gasteiger partial charge is 0.393 e. The van der Waals surface area contributed by atoms with Gasteiger partial charge in [-0.15, -0.1) is 0 Å². The van der Waals surface area contributed by atoms with Gasteiger partial charge in [-0.1, -0.05) is 44.1 Å². The quantitative estimate of drug-likeness (QED) is 0.644. The summed E-state index contributed by atoms with van der Waals surface area (Å²) in [6.45, 7) is 5.78. The van der Waals surface area contributed by atoms with E-state index in [0.29, 0.717) is 18.5 Å². The lowest BCUT2D eigenvalue weighted by Gasteiger charge is -2.15. The van der Waals surface area contributed by atoms with Crippen LogP contribution in [0.4, 0.5) is 0 Å². The van der Waals surface area contributed by atoms with E-state index in [1.807, 2.05) is 26.8 Å². The van der Waals surface area contributed by atoms with E-state index < -0.39 is 15.9 Å². The van der Waals surface area contributed by atoms with Crippen molar-refractivity contribution < 1.29 is 18.3 Å². The molecule has 0 amide bonds. The predicted molar refractivity (Wildman–Crippen MR) is 99.1 cm³/mol. The Balaban J connectivity index is 1.64. The highest BCUT2D eigenvalue weighted by Gasteiger charge is 2.45. The molecule has 0 radical (unpaired) electrons. The molecule has 1 aromatic carbocycles. The molecule has 0 aliphatic carbocycles. The van der Waals surface area contributed by atoms with E-state index in [4.69, 9.17) is 4.74 Å². The maximum Gasteiger partial charge on any atom is 0.272 e. The van der Waals surface area contributed by atoms with Crippen LogP contribution in [-0.4, -0.2) is 57.8 Å². The van der Waals surface area contributed by atoms with Crippen LogP contribution in [0.25, 0.3) is 5.69 Å². The summed E-state index contributed by atoms with van der Waals surface area (Å²) in [5, 5.41) is 20.9. The predicted octanol–water partition coefficient (Wildman–Crippen LogP) is 1.64. The fourth-order valence-electron chi connectivity index (χ4n) is 3.42. The van der Waals surface area contributed by atoms with Crippen molar-refractivity contribution in [1.82, 2.24) is 20.2 Å². The number of para-hydroxylation sites is 1. The minimum atomic E-state index is -3.65. The van der Waals surface area contributed by atoms with Gasteiger partial charge in [0.2, 0.25) is 9.84 Å². The van der Waals surface area contributed by atoms with Crippen molar-refractivity contribution in [2.75, 3.05) is 5.75 Å². The molecule has 3 rings (SSSR count). The smallest absolute Gasteiger partial charge is 0.272 e. The van der Waals surface area contributed by atoms with Crippen molar-refractivity contribution >= 4 is 9.84 Å². The third-order valence-electron chi connectivity index (χ3n) is 5.02. The number of nitrogens with zero attached hydrogens (tertiary/aromatic N) is 4. The lowest BCUT2D eigenvalue weighted by Crippen LogP contribution is -2.24. The molecule has 5 atom stereocenters. The summed E-state index contributed by atoms with van der Waals surface area (Å²) in [7, 11) is -3.65. The topological polar surface area (TPSA) is 110 Å². The molecule has 0 saturated carbocycles. The van der Waals surface area contributed by atoms with Crippen LogP contribution in [0.15, 0.2) is 35.5 Å². The highest BCUT2D eigenvalue weighted by Crippen LogP contribution is 2.36. The number of aromatic nitrogens is 4. The molecule has 1 saturated heterocycles. The summed E-state index contributed by atoms with van der Waals surface area (Å²) in [5.41, 5.74) is 0.599. The van der Waals surface area contributed by atoms with Gasteiger partial charge in [-0.25, -0.2) is 8.42 Å². The van der Waals surface area contributed by atoms with Crippen molar-refractivity contribution in [2.24, 2.45) is 11.8 Å². The Hall–Kier alpha value is -1.84. The van der Waals surface area contributed by atoms with E-state index in [9.17, 15) is 13.5 Å². The SMILES string of the molecule is CC[C@H](O)[C@@H](C)[C@H]1O[C@@H]1C[C@H](C)CS(=O)(=O)c1nnnn1-c1ccccc1. The number of sulfone groups is 1. The van der Waals surface area contributed by atoms with Crippen LogP contribution in [0.2, 0.25) is 0 Å². The minimum Gasteiger partial charge on any atom is -0.393 e. The van der Waals surface area contributed by atoms with E-state index in [0.717, 1.165) is 0 Å². The molecule has 1 aromatic heterocycles. The average molecular weight is 394 g/mol. The Labute approximate surface area is 159 Å². The van der Waals surface area contributed by atoms with E-state index in [-0.39, 0.29) is 35.0 Å². The first kappa shape index (κ1) is 19.9. The van der Waals surface area contributed by atoms with Crippen LogP contribution in [0.5, 0.6) is 0 Å². The van der Waals surface area contributed by atoms with Crippen LogP contribution in [0, 0.1) is 11.8 Å². The van der Waals surface area contributed by atoms with Crippen molar-refractivity contribution in [3.63, 3.8) is 0 Å². The number of aliphatic hydroxyl groups excluding tert-OH is 1. The molecule has 2 aromatic rings. The third-order valence-corrected chi connectivity index (χ3v) is 6.84. The molecular weight excluding hydrogens is 368 g/mol. The van der Waals surface area contributed by atoms with Crippen molar-refractivity contribution in [3.8, 4) is 5.69 Å². The number of hydrogen-bond acceptors (Lipinski definition) is 7. The zero-order valence-corrected chi connectivity index (χ0v) is 16.6. The third kappa shape index (κ3) is 4.53. The summed E-state index contributed by atoms with van der Waals surface area (Å²) >= 11 is 0. The van der Waals surface area contributed by atoms with E-state index >= 15 is 0 Å². The van der Waals surface area contributed by atoms with Gasteiger partial charge >= 0.3 is 0 Å². The van der Waals surface area contributed by atoms with Gasteiger partial charge < -0.3 is 9.84 Å². The zero-order chi connectivity index (χ0) is 19.6. The first-order valence-corrected chi connectivity index (χ1v) is 10.9. The molecule has 9 heteroatoms. The summed E-state index contributed by atoms with van der Waals surface area (Å²) in [5.74, 6) is -0.122. The second-order valence-corrected chi connectivity index (χ2v) is 9.23. The molecular formula is C18H26N4O4S.